The predicted octanol–water partition coefficient (Wildman–Crippen LogP) is 6.93. The highest BCUT2D eigenvalue weighted by Gasteiger charge is 2.20. The van der Waals surface area contributed by atoms with Crippen LogP contribution >= 0.6 is 0 Å². The Bertz CT molecular complexity index is 387. The van der Waals surface area contributed by atoms with Crippen molar-refractivity contribution in [3.8, 4) is 0 Å². The number of hydrogen-bond donors (Lipinski definition) is 0. The summed E-state index contributed by atoms with van der Waals surface area (Å²) in [4.78, 5) is 0. The van der Waals surface area contributed by atoms with Crippen molar-refractivity contribution in [1.82, 2.24) is 0 Å². The average molecular weight is 304 g/mol. The molecule has 0 nitrogen and oxygen atoms in total. The van der Waals surface area contributed by atoms with E-state index in [-0.39, 0.29) is 5.82 Å². The van der Waals surface area contributed by atoms with Crippen molar-refractivity contribution in [2.45, 2.75) is 84.0 Å². The van der Waals surface area contributed by atoms with Crippen LogP contribution in [0.25, 0.3) is 0 Å². The number of halogens is 1. The van der Waals surface area contributed by atoms with Crippen LogP contribution in [0.5, 0.6) is 0 Å². The largest absolute Gasteiger partial charge is 0.207 e. The van der Waals surface area contributed by atoms with Crippen LogP contribution in [0.15, 0.2) is 24.3 Å². The lowest BCUT2D eigenvalue weighted by atomic mass is 9.78. The lowest BCUT2D eigenvalue weighted by Crippen LogP contribution is -2.14. The Kier molecular flexibility index (Phi) is 7.98. The zero-order valence-electron chi connectivity index (χ0n) is 14.3. The Morgan fingerprint density at radius 2 is 1.36 bits per heavy atom. The molecule has 0 atom stereocenters. The highest BCUT2D eigenvalue weighted by Crippen LogP contribution is 2.34. The van der Waals surface area contributed by atoms with E-state index in [0.29, 0.717) is 0 Å². The monoisotopic (exact) mass is 304 g/mol. The Morgan fingerprint density at radius 1 is 0.818 bits per heavy atom. The Labute approximate surface area is 136 Å². The summed E-state index contributed by atoms with van der Waals surface area (Å²) >= 11 is 0. The highest BCUT2D eigenvalue weighted by molar-refractivity contribution is 5.15. The summed E-state index contributed by atoms with van der Waals surface area (Å²) in [6.07, 6.45) is 16.7. The molecule has 0 N–H and O–H groups in total. The van der Waals surface area contributed by atoms with Gasteiger partial charge in [0.05, 0.1) is 0 Å². The van der Waals surface area contributed by atoms with Crippen molar-refractivity contribution in [3.63, 3.8) is 0 Å². The molecule has 1 aromatic rings. The van der Waals surface area contributed by atoms with Crippen LogP contribution in [0.4, 0.5) is 4.39 Å². The van der Waals surface area contributed by atoms with Crippen molar-refractivity contribution >= 4 is 0 Å². The molecule has 22 heavy (non-hydrogen) atoms. The molecule has 1 aliphatic rings. The third kappa shape index (κ3) is 6.50. The first-order valence-corrected chi connectivity index (χ1v) is 9.52. The summed E-state index contributed by atoms with van der Waals surface area (Å²) in [5.41, 5.74) is 1.28. The van der Waals surface area contributed by atoms with Gasteiger partial charge in [0.15, 0.2) is 0 Å². The topological polar surface area (TPSA) is 0 Å². The van der Waals surface area contributed by atoms with Gasteiger partial charge >= 0.3 is 0 Å². The lowest BCUT2D eigenvalue weighted by Gasteiger charge is -2.28. The molecule has 124 valence electrons. The van der Waals surface area contributed by atoms with Gasteiger partial charge in [-0.25, -0.2) is 4.39 Å². The van der Waals surface area contributed by atoms with Gasteiger partial charge in [-0.3, -0.25) is 0 Å². The van der Waals surface area contributed by atoms with Gasteiger partial charge in [-0.1, -0.05) is 83.3 Å². The zero-order valence-corrected chi connectivity index (χ0v) is 14.3. The standard InChI is InChI=1S/C21H33F/c1-2-3-4-7-18-10-12-19(13-11-18)8-5-6-9-20-14-16-21(22)17-15-20/h14-19H,2-13H2,1H3. The number of aryl methyl sites for hydroxylation is 1. The molecule has 0 aromatic heterocycles. The normalized spacial score (nSPS) is 21.9. The molecule has 0 aliphatic heterocycles. The first-order valence-electron chi connectivity index (χ1n) is 9.52. The van der Waals surface area contributed by atoms with Gasteiger partial charge in [-0.2, -0.15) is 0 Å². The maximum absolute atomic E-state index is 12.8. The summed E-state index contributed by atoms with van der Waals surface area (Å²) in [6, 6.07) is 7.01. The molecule has 0 saturated heterocycles. The number of rotatable bonds is 9. The van der Waals surface area contributed by atoms with Crippen molar-refractivity contribution in [2.75, 3.05) is 0 Å². The molecule has 1 saturated carbocycles. The molecule has 0 bridgehead atoms. The molecule has 0 spiro atoms. The third-order valence-electron chi connectivity index (χ3n) is 5.42. The first kappa shape index (κ1) is 17.5. The second-order valence-electron chi connectivity index (χ2n) is 7.25. The molecule has 0 heterocycles. The van der Waals surface area contributed by atoms with E-state index < -0.39 is 0 Å². The SMILES string of the molecule is CCCCCC1CCC(CCCCc2ccc(F)cc2)CC1. The number of unbranched alkanes of at least 4 members (excludes halogenated alkanes) is 3. The van der Waals surface area contributed by atoms with Gasteiger partial charge in [0.2, 0.25) is 0 Å². The van der Waals surface area contributed by atoms with Gasteiger partial charge < -0.3 is 0 Å². The Hall–Kier alpha value is -0.850. The van der Waals surface area contributed by atoms with E-state index in [1.807, 2.05) is 12.1 Å². The molecule has 1 heteroatoms. The third-order valence-corrected chi connectivity index (χ3v) is 5.42. The van der Waals surface area contributed by atoms with Crippen LogP contribution in [0, 0.1) is 17.7 Å². The van der Waals surface area contributed by atoms with Crippen LogP contribution in [-0.2, 0) is 6.42 Å². The molecular formula is C21H33F. The van der Waals surface area contributed by atoms with Crippen LogP contribution in [0.3, 0.4) is 0 Å². The van der Waals surface area contributed by atoms with E-state index in [1.54, 1.807) is 12.1 Å². The van der Waals surface area contributed by atoms with Gasteiger partial charge in [-0.05, 0) is 42.4 Å². The van der Waals surface area contributed by atoms with E-state index in [4.69, 9.17) is 0 Å². The quantitative estimate of drug-likeness (QED) is 0.434. The predicted molar refractivity (Wildman–Crippen MR) is 93.5 cm³/mol. The molecule has 1 aromatic carbocycles. The fourth-order valence-electron chi connectivity index (χ4n) is 3.91. The van der Waals surface area contributed by atoms with Crippen LogP contribution < -0.4 is 0 Å². The zero-order chi connectivity index (χ0) is 15.6. The average Bonchev–Trinajstić information content (AvgIpc) is 2.55. The smallest absolute Gasteiger partial charge is 0.123 e. The van der Waals surface area contributed by atoms with Gasteiger partial charge in [0, 0.05) is 0 Å². The second kappa shape index (κ2) is 10.0. The minimum atomic E-state index is -0.126. The van der Waals surface area contributed by atoms with E-state index in [2.05, 4.69) is 6.92 Å². The minimum Gasteiger partial charge on any atom is -0.207 e. The van der Waals surface area contributed by atoms with E-state index in [0.717, 1.165) is 18.3 Å². The fraction of sp³-hybridized carbons (Fsp3) is 0.714. The Morgan fingerprint density at radius 3 is 1.91 bits per heavy atom. The number of benzene rings is 1. The van der Waals surface area contributed by atoms with Crippen molar-refractivity contribution < 1.29 is 4.39 Å². The summed E-state index contributed by atoms with van der Waals surface area (Å²) in [5.74, 6) is 1.89. The first-order chi connectivity index (χ1) is 10.8. The summed E-state index contributed by atoms with van der Waals surface area (Å²) in [5, 5.41) is 0. The second-order valence-corrected chi connectivity index (χ2v) is 7.25. The number of hydrogen-bond acceptors (Lipinski definition) is 0. The van der Waals surface area contributed by atoms with Gasteiger partial charge in [0.1, 0.15) is 5.82 Å². The summed E-state index contributed by atoms with van der Waals surface area (Å²) in [7, 11) is 0. The van der Waals surface area contributed by atoms with Gasteiger partial charge in [0.25, 0.3) is 0 Å². The summed E-state index contributed by atoms with van der Waals surface area (Å²) in [6.45, 7) is 2.29. The molecule has 1 aliphatic carbocycles. The van der Waals surface area contributed by atoms with Gasteiger partial charge in [-0.15, -0.1) is 0 Å². The molecule has 2 rings (SSSR count). The van der Waals surface area contributed by atoms with Crippen LogP contribution in [0.2, 0.25) is 0 Å². The maximum atomic E-state index is 12.8. The van der Waals surface area contributed by atoms with Crippen molar-refractivity contribution in [1.29, 1.82) is 0 Å². The maximum Gasteiger partial charge on any atom is 0.123 e. The Balaban J connectivity index is 1.52. The van der Waals surface area contributed by atoms with Crippen LogP contribution in [0.1, 0.15) is 83.1 Å². The highest BCUT2D eigenvalue weighted by atomic mass is 19.1. The molecule has 0 amide bonds. The molecular weight excluding hydrogens is 271 g/mol. The minimum absolute atomic E-state index is 0.126. The lowest BCUT2D eigenvalue weighted by molar-refractivity contribution is 0.245. The molecule has 1 fully saturated rings. The van der Waals surface area contributed by atoms with Crippen molar-refractivity contribution in [2.24, 2.45) is 11.8 Å². The fourth-order valence-corrected chi connectivity index (χ4v) is 3.91. The van der Waals surface area contributed by atoms with E-state index >= 15 is 0 Å². The summed E-state index contributed by atoms with van der Waals surface area (Å²) < 4.78 is 12.8. The van der Waals surface area contributed by atoms with E-state index in [1.165, 1.54) is 76.2 Å². The van der Waals surface area contributed by atoms with E-state index in [9.17, 15) is 4.39 Å². The molecule has 0 radical (unpaired) electrons. The van der Waals surface area contributed by atoms with Crippen LogP contribution in [-0.4, -0.2) is 0 Å². The van der Waals surface area contributed by atoms with Crippen molar-refractivity contribution in [3.05, 3.63) is 35.6 Å². The molecule has 0 unspecified atom stereocenters.